The van der Waals surface area contributed by atoms with Crippen LogP contribution in [0.15, 0.2) is 0 Å². The van der Waals surface area contributed by atoms with Gasteiger partial charge in [-0.3, -0.25) is 4.79 Å². The Morgan fingerprint density at radius 3 is 2.50 bits per heavy atom. The first-order valence-electron chi connectivity index (χ1n) is 8.10. The number of carbonyl (C=O) groups is 1. The van der Waals surface area contributed by atoms with Crippen LogP contribution in [0.3, 0.4) is 0 Å². The topological polar surface area (TPSA) is 47.3 Å². The average Bonchev–Trinajstić information content (AvgIpc) is 2.59. The Morgan fingerprint density at radius 2 is 1.90 bits per heavy atom. The van der Waals surface area contributed by atoms with Crippen LogP contribution in [-0.2, 0) is 4.79 Å². The Balaban J connectivity index is 1.84. The first kappa shape index (κ1) is 15.3. The molecule has 2 fully saturated rings. The van der Waals surface area contributed by atoms with E-state index in [1.807, 2.05) is 0 Å². The highest BCUT2D eigenvalue weighted by atomic mass is 16.2. The Morgan fingerprint density at radius 1 is 1.20 bits per heavy atom. The molecule has 4 heteroatoms. The Labute approximate surface area is 122 Å². The third-order valence-electron chi connectivity index (χ3n) is 4.78. The van der Waals surface area contributed by atoms with Crippen molar-refractivity contribution < 1.29 is 4.79 Å². The summed E-state index contributed by atoms with van der Waals surface area (Å²) >= 11 is 0. The van der Waals surface area contributed by atoms with E-state index in [-0.39, 0.29) is 5.91 Å². The fraction of sp³-hybridized carbons (Fsp3) is 0.875. The molecule has 2 rings (SSSR count). The third kappa shape index (κ3) is 3.96. The number of carbonyl (C=O) groups excluding carboxylic acids is 1. The van der Waals surface area contributed by atoms with Crippen molar-refractivity contribution >= 4 is 5.91 Å². The van der Waals surface area contributed by atoms with Gasteiger partial charge in [-0.25, -0.2) is 0 Å². The van der Waals surface area contributed by atoms with Crippen molar-refractivity contribution in [3.63, 3.8) is 0 Å². The van der Waals surface area contributed by atoms with Crippen molar-refractivity contribution in [3.05, 3.63) is 0 Å². The summed E-state index contributed by atoms with van der Waals surface area (Å²) in [5, 5.41) is 8.61. The maximum Gasteiger partial charge on any atom is 0.219 e. The Bertz CT molecular complexity index is 359. The predicted octanol–water partition coefficient (Wildman–Crippen LogP) is 2.55. The Kier molecular flexibility index (Phi) is 5.85. The van der Waals surface area contributed by atoms with E-state index in [9.17, 15) is 4.79 Å². The molecule has 0 radical (unpaired) electrons. The molecule has 1 aliphatic carbocycles. The Hall–Kier alpha value is -1.08. The van der Waals surface area contributed by atoms with E-state index >= 15 is 0 Å². The summed E-state index contributed by atoms with van der Waals surface area (Å²) in [5.41, 5.74) is 0. The summed E-state index contributed by atoms with van der Waals surface area (Å²) in [6.45, 7) is 4.96. The monoisotopic (exact) mass is 277 g/mol. The largest absolute Gasteiger partial charge is 0.337 e. The molecule has 1 heterocycles. The van der Waals surface area contributed by atoms with Gasteiger partial charge in [-0.15, -0.1) is 0 Å². The van der Waals surface area contributed by atoms with Gasteiger partial charge >= 0.3 is 0 Å². The normalized spacial score (nSPS) is 24.5. The lowest BCUT2D eigenvalue weighted by molar-refractivity contribution is -0.136. The minimum atomic E-state index is 0.262. The van der Waals surface area contributed by atoms with Crippen molar-refractivity contribution in [1.82, 2.24) is 9.80 Å². The molecular formula is C16H27N3O. The fourth-order valence-electron chi connectivity index (χ4n) is 3.50. The van der Waals surface area contributed by atoms with E-state index in [1.165, 1.54) is 25.7 Å². The summed E-state index contributed by atoms with van der Waals surface area (Å²) in [6.07, 6.45) is 8.72. The van der Waals surface area contributed by atoms with Crippen molar-refractivity contribution in [2.45, 2.75) is 70.4 Å². The van der Waals surface area contributed by atoms with Gasteiger partial charge in [0.25, 0.3) is 0 Å². The molecule has 1 atom stereocenters. The summed E-state index contributed by atoms with van der Waals surface area (Å²) in [4.78, 5) is 16.6. The van der Waals surface area contributed by atoms with Crippen molar-refractivity contribution in [2.24, 2.45) is 0 Å². The summed E-state index contributed by atoms with van der Waals surface area (Å²) in [5.74, 6) is 0.262. The molecule has 0 spiro atoms. The van der Waals surface area contributed by atoms with E-state index in [0.717, 1.165) is 38.9 Å². The lowest BCUT2D eigenvalue weighted by atomic mass is 9.89. The van der Waals surface area contributed by atoms with Crippen LogP contribution in [0.5, 0.6) is 0 Å². The second-order valence-electron chi connectivity index (χ2n) is 6.20. The molecule has 1 saturated carbocycles. The van der Waals surface area contributed by atoms with Crippen LogP contribution in [0.2, 0.25) is 0 Å². The van der Waals surface area contributed by atoms with Crippen LogP contribution in [0.25, 0.3) is 0 Å². The summed E-state index contributed by atoms with van der Waals surface area (Å²) in [7, 11) is 0. The number of nitriles is 1. The number of nitrogens with zero attached hydrogens (tertiary/aromatic N) is 3. The maximum absolute atomic E-state index is 12.0. The van der Waals surface area contributed by atoms with Gasteiger partial charge in [0.15, 0.2) is 0 Å². The highest BCUT2D eigenvalue weighted by Crippen LogP contribution is 2.30. The van der Waals surface area contributed by atoms with Crippen molar-refractivity contribution in [1.29, 1.82) is 5.26 Å². The molecule has 20 heavy (non-hydrogen) atoms. The molecular weight excluding hydrogens is 250 g/mol. The van der Waals surface area contributed by atoms with E-state index in [0.29, 0.717) is 18.5 Å². The molecule has 0 bridgehead atoms. The molecule has 1 saturated heterocycles. The number of hydrogen-bond acceptors (Lipinski definition) is 3. The number of likely N-dealkylation sites (tertiary alicyclic amines) is 1. The molecule has 112 valence electrons. The standard InChI is InChI=1S/C16H27N3O/c1-14(20)19(15-6-4-7-15)16-8-5-12-18(13-9-16)11-3-2-10-17/h15-16H,2-9,11-13H2,1H3/t16-/m0/s1. The average molecular weight is 277 g/mol. The first-order valence-corrected chi connectivity index (χ1v) is 8.10. The minimum Gasteiger partial charge on any atom is -0.337 e. The molecule has 0 aromatic heterocycles. The molecule has 1 aliphatic heterocycles. The van der Waals surface area contributed by atoms with E-state index in [2.05, 4.69) is 15.9 Å². The smallest absolute Gasteiger partial charge is 0.219 e. The van der Waals surface area contributed by atoms with Gasteiger partial charge in [0.2, 0.25) is 5.91 Å². The van der Waals surface area contributed by atoms with Gasteiger partial charge in [-0.1, -0.05) is 0 Å². The van der Waals surface area contributed by atoms with Crippen LogP contribution < -0.4 is 0 Å². The fourth-order valence-corrected chi connectivity index (χ4v) is 3.50. The maximum atomic E-state index is 12.0. The van der Waals surface area contributed by atoms with Crippen LogP contribution >= 0.6 is 0 Å². The van der Waals surface area contributed by atoms with Gasteiger partial charge in [0.05, 0.1) is 6.07 Å². The third-order valence-corrected chi connectivity index (χ3v) is 4.78. The van der Waals surface area contributed by atoms with E-state index in [1.54, 1.807) is 6.92 Å². The predicted molar refractivity (Wildman–Crippen MR) is 79.1 cm³/mol. The first-order chi connectivity index (χ1) is 9.72. The lowest BCUT2D eigenvalue weighted by Gasteiger charge is -2.42. The van der Waals surface area contributed by atoms with Crippen molar-refractivity contribution in [2.75, 3.05) is 19.6 Å². The molecule has 1 amide bonds. The molecule has 4 nitrogen and oxygen atoms in total. The number of hydrogen-bond donors (Lipinski definition) is 0. The van der Waals surface area contributed by atoms with Gasteiger partial charge in [0.1, 0.15) is 0 Å². The molecule has 0 aromatic rings. The van der Waals surface area contributed by atoms with Gasteiger partial charge in [0, 0.05) is 32.0 Å². The van der Waals surface area contributed by atoms with Crippen molar-refractivity contribution in [3.8, 4) is 6.07 Å². The zero-order valence-corrected chi connectivity index (χ0v) is 12.7. The van der Waals surface area contributed by atoms with E-state index < -0.39 is 0 Å². The molecule has 0 unspecified atom stereocenters. The number of rotatable bonds is 5. The van der Waals surface area contributed by atoms with Gasteiger partial charge in [-0.05, 0) is 58.0 Å². The van der Waals surface area contributed by atoms with Crippen LogP contribution in [-0.4, -0.2) is 47.4 Å². The zero-order chi connectivity index (χ0) is 14.4. The summed E-state index contributed by atoms with van der Waals surface area (Å²) < 4.78 is 0. The quantitative estimate of drug-likeness (QED) is 0.726. The van der Waals surface area contributed by atoms with Crippen LogP contribution in [0, 0.1) is 11.3 Å². The van der Waals surface area contributed by atoms with Crippen LogP contribution in [0.4, 0.5) is 0 Å². The second-order valence-corrected chi connectivity index (χ2v) is 6.20. The van der Waals surface area contributed by atoms with E-state index in [4.69, 9.17) is 5.26 Å². The SMILES string of the molecule is CC(=O)N(C1CCC1)[C@H]1CCCN(CCCC#N)CC1. The zero-order valence-electron chi connectivity index (χ0n) is 12.7. The number of amides is 1. The lowest BCUT2D eigenvalue weighted by Crippen LogP contribution is -2.49. The van der Waals surface area contributed by atoms with Gasteiger partial charge in [-0.2, -0.15) is 5.26 Å². The highest BCUT2D eigenvalue weighted by molar-refractivity contribution is 5.74. The minimum absolute atomic E-state index is 0.262. The van der Waals surface area contributed by atoms with Crippen LogP contribution in [0.1, 0.15) is 58.3 Å². The molecule has 2 aliphatic rings. The molecule has 0 N–H and O–H groups in total. The molecule has 0 aromatic carbocycles. The summed E-state index contributed by atoms with van der Waals surface area (Å²) in [6, 6.07) is 3.18. The highest BCUT2D eigenvalue weighted by Gasteiger charge is 2.33. The van der Waals surface area contributed by atoms with Gasteiger partial charge < -0.3 is 9.80 Å². The number of unbranched alkanes of at least 4 members (excludes halogenated alkanes) is 1. The second kappa shape index (κ2) is 7.64.